The van der Waals surface area contributed by atoms with Crippen molar-refractivity contribution in [1.29, 1.82) is 0 Å². The fourth-order valence-corrected chi connectivity index (χ4v) is 2.83. The number of benzene rings is 2. The molecule has 1 aliphatic rings. The molecular weight excluding hydrogens is 352 g/mol. The first-order chi connectivity index (χ1) is 13.1. The number of aliphatic hydroxyl groups excluding tert-OH is 1. The van der Waals surface area contributed by atoms with Gasteiger partial charge >= 0.3 is 11.9 Å². The normalized spacial score (nSPS) is 24.4. The summed E-state index contributed by atoms with van der Waals surface area (Å²) in [6.07, 6.45) is -3.98. The minimum atomic E-state index is -1.39. The third kappa shape index (κ3) is 4.51. The molecule has 2 aromatic rings. The summed E-state index contributed by atoms with van der Waals surface area (Å²) in [6, 6.07) is 16.9. The zero-order valence-corrected chi connectivity index (χ0v) is 14.7. The van der Waals surface area contributed by atoms with Gasteiger partial charge in [0.1, 0.15) is 18.8 Å². The van der Waals surface area contributed by atoms with Gasteiger partial charge in [0.2, 0.25) is 0 Å². The highest BCUT2D eigenvalue weighted by atomic mass is 16.7. The van der Waals surface area contributed by atoms with Crippen molar-refractivity contribution in [2.24, 2.45) is 0 Å². The predicted octanol–water partition coefficient (Wildman–Crippen LogP) is 1.80. The van der Waals surface area contributed by atoms with E-state index in [9.17, 15) is 14.7 Å². The maximum absolute atomic E-state index is 12.2. The van der Waals surface area contributed by atoms with Gasteiger partial charge < -0.3 is 24.1 Å². The summed E-state index contributed by atoms with van der Waals surface area (Å²) < 4.78 is 21.3. The molecular formula is C20H20O7. The van der Waals surface area contributed by atoms with Crippen LogP contribution in [0.4, 0.5) is 0 Å². The van der Waals surface area contributed by atoms with E-state index in [2.05, 4.69) is 0 Å². The second kappa shape index (κ2) is 8.77. The van der Waals surface area contributed by atoms with Gasteiger partial charge in [0.25, 0.3) is 0 Å². The molecule has 0 radical (unpaired) electrons. The van der Waals surface area contributed by atoms with Gasteiger partial charge in [-0.25, -0.2) is 9.59 Å². The average molecular weight is 372 g/mol. The standard InChI is InChI=1S/C20H20O7/c1-24-16-15(12-25-18(21)13-8-4-2-5-9-13)26-20(23)17(16)27-19(22)14-10-6-3-7-11-14/h2-11,15-17,20,23H,12H2,1H3/t15?,16?,17-,20?/m1/s1. The molecule has 0 amide bonds. The summed E-state index contributed by atoms with van der Waals surface area (Å²) >= 11 is 0. The smallest absolute Gasteiger partial charge is 0.338 e. The second-order valence-electron chi connectivity index (χ2n) is 5.97. The average Bonchev–Trinajstić information content (AvgIpc) is 3.01. The third-order valence-corrected chi connectivity index (χ3v) is 4.20. The molecule has 0 aliphatic carbocycles. The fourth-order valence-electron chi connectivity index (χ4n) is 2.83. The van der Waals surface area contributed by atoms with Crippen molar-refractivity contribution in [3.8, 4) is 0 Å². The molecule has 1 saturated heterocycles. The first-order valence-electron chi connectivity index (χ1n) is 8.44. The third-order valence-electron chi connectivity index (χ3n) is 4.20. The molecule has 0 spiro atoms. The van der Waals surface area contributed by atoms with Crippen molar-refractivity contribution in [1.82, 2.24) is 0 Å². The molecule has 0 aromatic heterocycles. The van der Waals surface area contributed by atoms with Crippen molar-refractivity contribution in [2.45, 2.75) is 24.6 Å². The molecule has 4 atom stereocenters. The number of carbonyl (C=O) groups is 2. The molecule has 3 unspecified atom stereocenters. The topological polar surface area (TPSA) is 91.3 Å². The number of rotatable bonds is 6. The van der Waals surface area contributed by atoms with E-state index in [-0.39, 0.29) is 6.61 Å². The van der Waals surface area contributed by atoms with Crippen molar-refractivity contribution in [2.75, 3.05) is 13.7 Å². The number of esters is 2. The summed E-state index contributed by atoms with van der Waals surface area (Å²) in [5.41, 5.74) is 0.746. The minimum absolute atomic E-state index is 0.150. The van der Waals surface area contributed by atoms with Crippen LogP contribution in [0.3, 0.4) is 0 Å². The number of hydrogen-bond acceptors (Lipinski definition) is 7. The minimum Gasteiger partial charge on any atom is -0.459 e. The highest BCUT2D eigenvalue weighted by molar-refractivity contribution is 5.89. The quantitative estimate of drug-likeness (QED) is 0.773. The maximum Gasteiger partial charge on any atom is 0.338 e. The lowest BCUT2D eigenvalue weighted by Gasteiger charge is -2.21. The molecule has 1 fully saturated rings. The molecule has 1 aliphatic heterocycles. The van der Waals surface area contributed by atoms with Gasteiger partial charge in [0.05, 0.1) is 11.1 Å². The van der Waals surface area contributed by atoms with Crippen LogP contribution in [0, 0.1) is 0 Å². The van der Waals surface area contributed by atoms with Crippen molar-refractivity contribution < 1.29 is 33.6 Å². The Labute approximate surface area is 156 Å². The Morgan fingerprint density at radius 2 is 1.48 bits per heavy atom. The van der Waals surface area contributed by atoms with Gasteiger partial charge in [-0.2, -0.15) is 0 Å². The zero-order chi connectivity index (χ0) is 19.2. The Kier molecular flexibility index (Phi) is 6.18. The number of carbonyl (C=O) groups excluding carboxylic acids is 2. The highest BCUT2D eigenvalue weighted by Gasteiger charge is 2.47. The summed E-state index contributed by atoms with van der Waals surface area (Å²) in [5.74, 6) is -1.12. The lowest BCUT2D eigenvalue weighted by atomic mass is 10.1. The predicted molar refractivity (Wildman–Crippen MR) is 94.0 cm³/mol. The van der Waals surface area contributed by atoms with E-state index in [0.29, 0.717) is 11.1 Å². The molecule has 1 N–H and O–H groups in total. The molecule has 1 heterocycles. The molecule has 7 heteroatoms. The number of ether oxygens (including phenoxy) is 4. The molecule has 27 heavy (non-hydrogen) atoms. The fraction of sp³-hybridized carbons (Fsp3) is 0.300. The summed E-state index contributed by atoms with van der Waals surface area (Å²) in [6.45, 7) is -0.150. The van der Waals surface area contributed by atoms with E-state index >= 15 is 0 Å². The van der Waals surface area contributed by atoms with Crippen LogP contribution in [0.15, 0.2) is 60.7 Å². The lowest BCUT2D eigenvalue weighted by Crippen LogP contribution is -2.40. The van der Waals surface area contributed by atoms with E-state index < -0.39 is 36.5 Å². The van der Waals surface area contributed by atoms with Gasteiger partial charge in [-0.05, 0) is 24.3 Å². The largest absolute Gasteiger partial charge is 0.459 e. The van der Waals surface area contributed by atoms with Crippen LogP contribution in [-0.2, 0) is 18.9 Å². The Balaban J connectivity index is 1.61. The van der Waals surface area contributed by atoms with Crippen LogP contribution in [0.25, 0.3) is 0 Å². The van der Waals surface area contributed by atoms with Crippen LogP contribution in [-0.4, -0.2) is 55.4 Å². The number of methoxy groups -OCH3 is 1. The molecule has 142 valence electrons. The molecule has 3 rings (SSSR count). The zero-order valence-electron chi connectivity index (χ0n) is 14.7. The van der Waals surface area contributed by atoms with Gasteiger partial charge in [-0.1, -0.05) is 36.4 Å². The molecule has 0 saturated carbocycles. The maximum atomic E-state index is 12.2. The van der Waals surface area contributed by atoms with E-state index in [0.717, 1.165) is 0 Å². The summed E-state index contributed by atoms with van der Waals surface area (Å²) in [5, 5.41) is 10.1. The second-order valence-corrected chi connectivity index (χ2v) is 5.97. The van der Waals surface area contributed by atoms with Crippen LogP contribution < -0.4 is 0 Å². The Morgan fingerprint density at radius 3 is 2.04 bits per heavy atom. The van der Waals surface area contributed by atoms with E-state index in [1.807, 2.05) is 0 Å². The van der Waals surface area contributed by atoms with E-state index in [4.69, 9.17) is 18.9 Å². The van der Waals surface area contributed by atoms with Crippen molar-refractivity contribution in [3.05, 3.63) is 71.8 Å². The van der Waals surface area contributed by atoms with Gasteiger partial charge in [0, 0.05) is 7.11 Å². The van der Waals surface area contributed by atoms with Crippen LogP contribution in [0.1, 0.15) is 20.7 Å². The monoisotopic (exact) mass is 372 g/mol. The van der Waals surface area contributed by atoms with Crippen LogP contribution >= 0.6 is 0 Å². The number of hydrogen-bond donors (Lipinski definition) is 1. The number of aliphatic hydroxyl groups is 1. The van der Waals surface area contributed by atoms with Gasteiger partial charge in [-0.15, -0.1) is 0 Å². The Morgan fingerprint density at radius 1 is 0.926 bits per heavy atom. The SMILES string of the molecule is COC1C(COC(=O)c2ccccc2)OC(O)[C@@H]1OC(=O)c1ccccc1. The van der Waals surface area contributed by atoms with E-state index in [1.54, 1.807) is 60.7 Å². The van der Waals surface area contributed by atoms with Crippen molar-refractivity contribution in [3.63, 3.8) is 0 Å². The summed E-state index contributed by atoms with van der Waals surface area (Å²) in [4.78, 5) is 24.3. The van der Waals surface area contributed by atoms with Gasteiger partial charge in [0.15, 0.2) is 12.4 Å². The first kappa shape index (κ1) is 19.0. The van der Waals surface area contributed by atoms with E-state index in [1.165, 1.54) is 7.11 Å². The summed E-state index contributed by atoms with van der Waals surface area (Å²) in [7, 11) is 1.40. The van der Waals surface area contributed by atoms with Crippen LogP contribution in [0.2, 0.25) is 0 Å². The Hall–Kier alpha value is -2.74. The Bertz CT molecular complexity index is 762. The van der Waals surface area contributed by atoms with Crippen LogP contribution in [0.5, 0.6) is 0 Å². The lowest BCUT2D eigenvalue weighted by molar-refractivity contribution is -0.135. The molecule has 2 aromatic carbocycles. The van der Waals surface area contributed by atoms with Gasteiger partial charge in [-0.3, -0.25) is 0 Å². The molecule has 7 nitrogen and oxygen atoms in total. The highest BCUT2D eigenvalue weighted by Crippen LogP contribution is 2.26. The van der Waals surface area contributed by atoms with Crippen molar-refractivity contribution >= 4 is 11.9 Å². The first-order valence-corrected chi connectivity index (χ1v) is 8.44. The molecule has 0 bridgehead atoms.